The summed E-state index contributed by atoms with van der Waals surface area (Å²) in [7, 11) is 0. The Balaban J connectivity index is 1.90. The zero-order chi connectivity index (χ0) is 18.5. The monoisotopic (exact) mass is 340 g/mol. The fourth-order valence-corrected chi connectivity index (χ4v) is 2.56. The summed E-state index contributed by atoms with van der Waals surface area (Å²) in [5, 5.41) is 0. The lowest BCUT2D eigenvalue weighted by Gasteiger charge is -1.98. The summed E-state index contributed by atoms with van der Waals surface area (Å²) in [6.45, 7) is 4.43. The van der Waals surface area contributed by atoms with Crippen molar-refractivity contribution in [2.75, 3.05) is 0 Å². The van der Waals surface area contributed by atoms with Crippen LogP contribution in [0.1, 0.15) is 68.2 Å². The lowest BCUT2D eigenvalue weighted by atomic mass is 10.1. The normalized spacial score (nSPS) is 10.1. The van der Waals surface area contributed by atoms with Gasteiger partial charge in [-0.2, -0.15) is 0 Å². The molecule has 0 saturated carbocycles. The Hall–Kier alpha value is -2.70. The molecule has 0 nitrogen and oxygen atoms in total. The van der Waals surface area contributed by atoms with Gasteiger partial charge in [-0.3, -0.25) is 0 Å². The van der Waals surface area contributed by atoms with E-state index in [1.54, 1.807) is 0 Å². The molecule has 0 heterocycles. The minimum atomic E-state index is 1.000. The zero-order valence-electron chi connectivity index (χ0n) is 16.0. The molecule has 0 unspecified atom stereocenters. The first-order valence-corrected chi connectivity index (χ1v) is 9.69. The van der Waals surface area contributed by atoms with Crippen molar-refractivity contribution in [1.82, 2.24) is 0 Å². The molecule has 0 aliphatic rings. The number of hydrogen-bond donors (Lipinski definition) is 0. The van der Waals surface area contributed by atoms with Crippen molar-refractivity contribution in [3.05, 3.63) is 76.9 Å². The fraction of sp³-hybridized carbons (Fsp3) is 0.308. The lowest BCUT2D eigenvalue weighted by Crippen LogP contribution is -1.84. The molecular weight excluding hydrogens is 312 g/mol. The maximum atomic E-state index is 3.11. The van der Waals surface area contributed by atoms with Gasteiger partial charge in [0.05, 0.1) is 0 Å². The molecule has 0 bridgehead atoms. The van der Waals surface area contributed by atoms with Gasteiger partial charge in [0.2, 0.25) is 0 Å². The Morgan fingerprint density at radius 3 is 1.88 bits per heavy atom. The fourth-order valence-electron chi connectivity index (χ4n) is 2.56. The summed E-state index contributed by atoms with van der Waals surface area (Å²) in [6, 6.07) is 16.8. The van der Waals surface area contributed by atoms with Gasteiger partial charge in [-0.15, -0.1) is 0 Å². The van der Waals surface area contributed by atoms with Gasteiger partial charge in [0.1, 0.15) is 0 Å². The van der Waals surface area contributed by atoms with Crippen LogP contribution in [-0.2, 0) is 6.42 Å². The van der Waals surface area contributed by atoms with E-state index in [2.05, 4.69) is 98.2 Å². The summed E-state index contributed by atoms with van der Waals surface area (Å²) < 4.78 is 0. The maximum absolute atomic E-state index is 3.11. The molecule has 0 aliphatic heterocycles. The topological polar surface area (TPSA) is 0 Å². The first-order valence-electron chi connectivity index (χ1n) is 9.69. The van der Waals surface area contributed by atoms with E-state index in [0.29, 0.717) is 0 Å². The van der Waals surface area contributed by atoms with E-state index in [9.17, 15) is 0 Å². The van der Waals surface area contributed by atoms with Gasteiger partial charge in [-0.05, 0) is 66.5 Å². The van der Waals surface area contributed by atoms with E-state index in [4.69, 9.17) is 0 Å². The molecule has 0 atom stereocenters. The minimum absolute atomic E-state index is 1.000. The third-order valence-corrected chi connectivity index (χ3v) is 4.19. The number of unbranched alkanes of at least 4 members (excludes halogenated alkanes) is 3. The Labute approximate surface area is 159 Å². The average Bonchev–Trinajstić information content (AvgIpc) is 2.69. The lowest BCUT2D eigenvalue weighted by molar-refractivity contribution is 0.795. The number of hydrogen-bond acceptors (Lipinski definition) is 0. The van der Waals surface area contributed by atoms with Crippen LogP contribution in [0, 0.1) is 23.7 Å². The number of allylic oxidation sites excluding steroid dienone is 1. The van der Waals surface area contributed by atoms with Crippen LogP contribution < -0.4 is 0 Å². The highest BCUT2D eigenvalue weighted by atomic mass is 14.0. The van der Waals surface area contributed by atoms with Gasteiger partial charge in [0.15, 0.2) is 0 Å². The van der Waals surface area contributed by atoms with Crippen LogP contribution in [0.2, 0.25) is 0 Å². The van der Waals surface area contributed by atoms with E-state index in [0.717, 1.165) is 24.0 Å². The molecular formula is C26H28. The maximum Gasteiger partial charge on any atom is 0.0255 e. The summed E-state index contributed by atoms with van der Waals surface area (Å²) in [4.78, 5) is 0. The highest BCUT2D eigenvalue weighted by Gasteiger charge is 1.92. The van der Waals surface area contributed by atoms with Crippen LogP contribution in [0.15, 0.2) is 54.6 Å². The highest BCUT2D eigenvalue weighted by molar-refractivity contribution is 5.52. The Morgan fingerprint density at radius 2 is 1.31 bits per heavy atom. The predicted octanol–water partition coefficient (Wildman–Crippen LogP) is 6.64. The Morgan fingerprint density at radius 1 is 0.731 bits per heavy atom. The first-order chi connectivity index (χ1) is 12.8. The summed E-state index contributed by atoms with van der Waals surface area (Å²) >= 11 is 0. The third-order valence-electron chi connectivity index (χ3n) is 4.19. The summed E-state index contributed by atoms with van der Waals surface area (Å²) in [6.07, 6.45) is 11.7. The predicted molar refractivity (Wildman–Crippen MR) is 114 cm³/mol. The van der Waals surface area contributed by atoms with Crippen molar-refractivity contribution in [3.8, 4) is 23.7 Å². The van der Waals surface area contributed by atoms with Crippen molar-refractivity contribution < 1.29 is 0 Å². The van der Waals surface area contributed by atoms with Gasteiger partial charge in [-0.1, -0.05) is 81.4 Å². The Kier molecular flexibility index (Phi) is 8.89. The minimum Gasteiger partial charge on any atom is -0.0839 e. The summed E-state index contributed by atoms with van der Waals surface area (Å²) in [5.41, 5.74) is 4.63. The molecule has 2 aromatic carbocycles. The highest BCUT2D eigenvalue weighted by Crippen LogP contribution is 2.08. The molecule has 0 saturated heterocycles. The number of aryl methyl sites for hydroxylation is 1. The quantitative estimate of drug-likeness (QED) is 0.392. The smallest absolute Gasteiger partial charge is 0.0255 e. The Bertz CT molecular complexity index is 797. The van der Waals surface area contributed by atoms with Crippen LogP contribution in [0.25, 0.3) is 6.08 Å². The van der Waals surface area contributed by atoms with Crippen LogP contribution in [0.3, 0.4) is 0 Å². The van der Waals surface area contributed by atoms with Gasteiger partial charge in [0.25, 0.3) is 0 Å². The van der Waals surface area contributed by atoms with Gasteiger partial charge in [0, 0.05) is 11.1 Å². The number of benzene rings is 2. The van der Waals surface area contributed by atoms with Crippen molar-refractivity contribution in [2.24, 2.45) is 0 Å². The molecule has 0 heteroatoms. The molecule has 0 amide bonds. The molecule has 0 fully saturated rings. The zero-order valence-corrected chi connectivity index (χ0v) is 16.0. The van der Waals surface area contributed by atoms with Crippen LogP contribution in [-0.4, -0.2) is 0 Å². The van der Waals surface area contributed by atoms with E-state index in [1.807, 2.05) is 0 Å². The van der Waals surface area contributed by atoms with Crippen molar-refractivity contribution in [2.45, 2.75) is 52.4 Å². The van der Waals surface area contributed by atoms with Crippen molar-refractivity contribution in [3.63, 3.8) is 0 Å². The molecule has 0 spiro atoms. The van der Waals surface area contributed by atoms with Crippen molar-refractivity contribution >= 4 is 6.08 Å². The van der Waals surface area contributed by atoms with E-state index in [-0.39, 0.29) is 0 Å². The van der Waals surface area contributed by atoms with E-state index in [1.165, 1.54) is 36.8 Å². The molecule has 0 N–H and O–H groups in total. The summed E-state index contributed by atoms with van der Waals surface area (Å²) in [5.74, 6) is 12.1. The number of rotatable bonds is 7. The second-order valence-electron chi connectivity index (χ2n) is 6.47. The molecule has 26 heavy (non-hydrogen) atoms. The van der Waals surface area contributed by atoms with Crippen LogP contribution in [0.5, 0.6) is 0 Å². The second-order valence-corrected chi connectivity index (χ2v) is 6.47. The van der Waals surface area contributed by atoms with Gasteiger partial charge >= 0.3 is 0 Å². The molecule has 0 aromatic heterocycles. The van der Waals surface area contributed by atoms with Crippen LogP contribution >= 0.6 is 0 Å². The third kappa shape index (κ3) is 7.46. The van der Waals surface area contributed by atoms with E-state index < -0.39 is 0 Å². The molecule has 0 aliphatic carbocycles. The standard InChI is InChI=1S/C26H28/c1-3-5-7-8-12-24-19-21-26(22-20-24)14-10-9-13-25-17-15-23(16-18-25)11-6-4-2/h8,12,15-22H,3-7,11H2,1-2H3/b12-8+. The molecule has 2 rings (SSSR count). The molecule has 2 aromatic rings. The van der Waals surface area contributed by atoms with Crippen molar-refractivity contribution in [1.29, 1.82) is 0 Å². The largest absolute Gasteiger partial charge is 0.0839 e. The average molecular weight is 341 g/mol. The van der Waals surface area contributed by atoms with E-state index >= 15 is 0 Å². The molecule has 132 valence electrons. The van der Waals surface area contributed by atoms with Gasteiger partial charge in [-0.25, -0.2) is 0 Å². The molecule has 0 radical (unpaired) electrons. The SMILES string of the molecule is CCCC/C=C/c1ccc(C#CC#Cc2ccc(CCCC)cc2)cc1. The van der Waals surface area contributed by atoms with Crippen LogP contribution in [0.4, 0.5) is 0 Å². The second kappa shape index (κ2) is 11.8. The first kappa shape index (κ1) is 19.6. The van der Waals surface area contributed by atoms with Gasteiger partial charge < -0.3 is 0 Å².